The van der Waals surface area contributed by atoms with Crippen LogP contribution in [0.2, 0.25) is 0 Å². The number of nitrogens with one attached hydrogen (secondary N) is 1. The van der Waals surface area contributed by atoms with Gasteiger partial charge in [-0.2, -0.15) is 5.26 Å². The molecule has 1 amide bonds. The van der Waals surface area contributed by atoms with Crippen LogP contribution in [0.1, 0.15) is 24.2 Å². The van der Waals surface area contributed by atoms with Gasteiger partial charge in [0.2, 0.25) is 0 Å². The van der Waals surface area contributed by atoms with Crippen molar-refractivity contribution in [2.24, 2.45) is 0 Å². The Morgan fingerprint density at radius 2 is 1.94 bits per heavy atom. The molecule has 0 saturated carbocycles. The Labute approximate surface area is 98.0 Å². The normalized spacial score (nSPS) is 10.4. The Kier molecular flexibility index (Phi) is 3.43. The molecule has 0 aliphatic rings. The van der Waals surface area contributed by atoms with E-state index in [2.05, 4.69) is 5.32 Å². The van der Waals surface area contributed by atoms with Gasteiger partial charge < -0.3 is 5.32 Å². The average molecular weight is 233 g/mol. The molecule has 1 rings (SSSR count). The van der Waals surface area contributed by atoms with E-state index in [1.807, 2.05) is 6.07 Å². The lowest BCUT2D eigenvalue weighted by molar-refractivity contribution is -0.384. The molecule has 6 heteroatoms. The van der Waals surface area contributed by atoms with E-state index in [1.165, 1.54) is 24.3 Å². The third-order valence-electron chi connectivity index (χ3n) is 2.05. The van der Waals surface area contributed by atoms with E-state index in [0.717, 1.165) is 0 Å². The Balaban J connectivity index is 2.85. The number of amides is 1. The molecule has 0 bridgehead atoms. The topological polar surface area (TPSA) is 96.0 Å². The van der Waals surface area contributed by atoms with E-state index >= 15 is 0 Å². The number of hydrogen-bond acceptors (Lipinski definition) is 4. The lowest BCUT2D eigenvalue weighted by atomic mass is 10.1. The Hall–Kier alpha value is -2.42. The van der Waals surface area contributed by atoms with Crippen LogP contribution in [0.5, 0.6) is 0 Å². The third kappa shape index (κ3) is 3.28. The summed E-state index contributed by atoms with van der Waals surface area (Å²) in [6.07, 6.45) is 0. The first-order chi connectivity index (χ1) is 7.85. The van der Waals surface area contributed by atoms with E-state index in [0.29, 0.717) is 0 Å². The van der Waals surface area contributed by atoms with Gasteiger partial charge in [-0.15, -0.1) is 0 Å². The predicted molar refractivity (Wildman–Crippen MR) is 60.3 cm³/mol. The number of nitriles is 1. The van der Waals surface area contributed by atoms with Crippen LogP contribution in [0.25, 0.3) is 0 Å². The van der Waals surface area contributed by atoms with Crippen LogP contribution in [0.4, 0.5) is 5.69 Å². The fourth-order valence-corrected chi connectivity index (χ4v) is 1.12. The molecular weight excluding hydrogens is 222 g/mol. The summed E-state index contributed by atoms with van der Waals surface area (Å²) in [6, 6.07) is 7.12. The summed E-state index contributed by atoms with van der Waals surface area (Å²) in [6.45, 7) is 3.13. The minimum atomic E-state index is -0.973. The largest absolute Gasteiger partial charge is 0.334 e. The summed E-state index contributed by atoms with van der Waals surface area (Å²) in [4.78, 5) is 21.5. The van der Waals surface area contributed by atoms with E-state index in [1.54, 1.807) is 13.8 Å². The minimum absolute atomic E-state index is 0.0823. The number of benzene rings is 1. The predicted octanol–water partition coefficient (Wildman–Crippen LogP) is 1.63. The summed E-state index contributed by atoms with van der Waals surface area (Å²) in [5.74, 6) is -0.438. The number of carbonyl (C=O) groups is 1. The first-order valence-corrected chi connectivity index (χ1v) is 4.84. The molecule has 0 aromatic heterocycles. The Bertz CT molecular complexity index is 486. The fraction of sp³-hybridized carbons (Fsp3) is 0.273. The molecule has 0 saturated heterocycles. The van der Waals surface area contributed by atoms with Crippen molar-refractivity contribution in [3.05, 3.63) is 39.9 Å². The quantitative estimate of drug-likeness (QED) is 0.633. The van der Waals surface area contributed by atoms with Gasteiger partial charge in [-0.1, -0.05) is 0 Å². The molecule has 0 aliphatic carbocycles. The van der Waals surface area contributed by atoms with Gasteiger partial charge in [0.05, 0.1) is 11.0 Å². The van der Waals surface area contributed by atoms with Crippen molar-refractivity contribution in [2.45, 2.75) is 19.4 Å². The number of nitro groups is 1. The van der Waals surface area contributed by atoms with E-state index in [4.69, 9.17) is 5.26 Å². The molecule has 6 nitrogen and oxygen atoms in total. The van der Waals surface area contributed by atoms with Crippen molar-refractivity contribution in [1.29, 1.82) is 5.26 Å². The number of non-ortho nitro benzene ring substituents is 1. The smallest absolute Gasteiger partial charge is 0.269 e. The lowest BCUT2D eigenvalue weighted by Crippen LogP contribution is -2.42. The van der Waals surface area contributed by atoms with Crippen molar-refractivity contribution in [2.75, 3.05) is 0 Å². The monoisotopic (exact) mass is 233 g/mol. The summed E-state index contributed by atoms with van der Waals surface area (Å²) in [5, 5.41) is 21.7. The number of rotatable bonds is 3. The molecule has 1 aromatic rings. The number of hydrogen-bond donors (Lipinski definition) is 1. The minimum Gasteiger partial charge on any atom is -0.334 e. The molecule has 17 heavy (non-hydrogen) atoms. The van der Waals surface area contributed by atoms with Crippen LogP contribution in [-0.4, -0.2) is 16.4 Å². The summed E-state index contributed by atoms with van der Waals surface area (Å²) in [7, 11) is 0. The van der Waals surface area contributed by atoms with Crippen molar-refractivity contribution in [1.82, 2.24) is 5.32 Å². The molecule has 0 radical (unpaired) electrons. The standard InChI is InChI=1S/C11H11N3O3/c1-11(2,7-12)13-10(15)8-3-5-9(6-4-8)14(16)17/h3-6H,1-2H3,(H,13,15). The van der Waals surface area contributed by atoms with Gasteiger partial charge in [0.15, 0.2) is 0 Å². The van der Waals surface area contributed by atoms with E-state index in [-0.39, 0.29) is 11.3 Å². The molecule has 0 heterocycles. The van der Waals surface area contributed by atoms with Crippen molar-refractivity contribution in [3.63, 3.8) is 0 Å². The van der Waals surface area contributed by atoms with Crippen LogP contribution >= 0.6 is 0 Å². The SMILES string of the molecule is CC(C)(C#N)NC(=O)c1ccc([N+](=O)[O-])cc1. The molecule has 0 unspecified atom stereocenters. The van der Waals surface area contributed by atoms with Crippen LogP contribution < -0.4 is 5.32 Å². The zero-order valence-electron chi connectivity index (χ0n) is 9.43. The summed E-state index contributed by atoms with van der Waals surface area (Å²) in [5.41, 5.74) is -0.779. The number of nitrogens with zero attached hydrogens (tertiary/aromatic N) is 2. The van der Waals surface area contributed by atoms with Crippen LogP contribution in [-0.2, 0) is 0 Å². The van der Waals surface area contributed by atoms with Crippen molar-refractivity contribution >= 4 is 11.6 Å². The fourth-order valence-electron chi connectivity index (χ4n) is 1.12. The molecule has 0 spiro atoms. The van der Waals surface area contributed by atoms with Gasteiger partial charge in [-0.05, 0) is 26.0 Å². The molecule has 1 N–H and O–H groups in total. The van der Waals surface area contributed by atoms with Crippen LogP contribution in [0.15, 0.2) is 24.3 Å². The maximum atomic E-state index is 11.7. The van der Waals surface area contributed by atoms with Crippen LogP contribution in [0.3, 0.4) is 0 Å². The molecule has 1 aromatic carbocycles. The molecule has 0 atom stereocenters. The highest BCUT2D eigenvalue weighted by atomic mass is 16.6. The summed E-state index contributed by atoms with van der Waals surface area (Å²) >= 11 is 0. The number of carbonyl (C=O) groups excluding carboxylic acids is 1. The van der Waals surface area contributed by atoms with Crippen molar-refractivity contribution < 1.29 is 9.72 Å². The van der Waals surface area contributed by atoms with Crippen LogP contribution in [0, 0.1) is 21.4 Å². The van der Waals surface area contributed by atoms with Gasteiger partial charge >= 0.3 is 0 Å². The van der Waals surface area contributed by atoms with Crippen molar-refractivity contribution in [3.8, 4) is 6.07 Å². The Morgan fingerprint density at radius 1 is 1.41 bits per heavy atom. The molecular formula is C11H11N3O3. The van der Waals surface area contributed by atoms with Gasteiger partial charge in [0.1, 0.15) is 5.54 Å². The molecule has 88 valence electrons. The molecule has 0 aliphatic heterocycles. The van der Waals surface area contributed by atoms with Gasteiger partial charge in [0.25, 0.3) is 11.6 Å². The van der Waals surface area contributed by atoms with E-state index in [9.17, 15) is 14.9 Å². The van der Waals surface area contributed by atoms with Gasteiger partial charge in [-0.3, -0.25) is 14.9 Å². The maximum absolute atomic E-state index is 11.7. The molecule has 0 fully saturated rings. The zero-order chi connectivity index (χ0) is 13.1. The second-order valence-corrected chi connectivity index (χ2v) is 3.99. The van der Waals surface area contributed by atoms with E-state index < -0.39 is 16.4 Å². The number of nitro benzene ring substituents is 1. The Morgan fingerprint density at radius 3 is 2.35 bits per heavy atom. The maximum Gasteiger partial charge on any atom is 0.269 e. The highest BCUT2D eigenvalue weighted by molar-refractivity contribution is 5.95. The van der Waals surface area contributed by atoms with Gasteiger partial charge in [0, 0.05) is 17.7 Å². The zero-order valence-corrected chi connectivity index (χ0v) is 9.43. The summed E-state index contributed by atoms with van der Waals surface area (Å²) < 4.78 is 0. The third-order valence-corrected chi connectivity index (χ3v) is 2.05. The van der Waals surface area contributed by atoms with Gasteiger partial charge in [-0.25, -0.2) is 0 Å². The highest BCUT2D eigenvalue weighted by Crippen LogP contribution is 2.12. The lowest BCUT2D eigenvalue weighted by Gasteiger charge is -2.17. The average Bonchev–Trinajstić information content (AvgIpc) is 2.28. The first-order valence-electron chi connectivity index (χ1n) is 4.84. The first kappa shape index (κ1) is 12.6. The second-order valence-electron chi connectivity index (χ2n) is 3.99. The second kappa shape index (κ2) is 4.61. The highest BCUT2D eigenvalue weighted by Gasteiger charge is 2.20.